The Kier molecular flexibility index (Phi) is 47.5. The molecule has 2 atom stereocenters. The molecule has 0 radical (unpaired) electrons. The number of quaternary nitrogens is 1. The number of ether oxygens (including phenoxy) is 2. The summed E-state index contributed by atoms with van der Waals surface area (Å²) in [6, 6.07) is 0. The van der Waals surface area contributed by atoms with Gasteiger partial charge in [-0.2, -0.15) is 0 Å². The van der Waals surface area contributed by atoms with Gasteiger partial charge in [0.25, 0.3) is 7.82 Å². The van der Waals surface area contributed by atoms with E-state index >= 15 is 0 Å². The molecule has 0 rings (SSSR count). The molecule has 0 bridgehead atoms. The molecule has 0 saturated carbocycles. The first-order valence-electron chi connectivity index (χ1n) is 26.6. The van der Waals surface area contributed by atoms with E-state index in [2.05, 4.69) is 123 Å². The summed E-state index contributed by atoms with van der Waals surface area (Å²) in [6.45, 7) is 5.17. The van der Waals surface area contributed by atoms with Gasteiger partial charge in [-0.15, -0.1) is 0 Å². The molecule has 0 aromatic rings. The van der Waals surface area contributed by atoms with Crippen molar-refractivity contribution in [3.8, 4) is 0 Å². The summed E-state index contributed by atoms with van der Waals surface area (Å²) in [5.41, 5.74) is 0. The minimum Gasteiger partial charge on any atom is -0.756 e. The maximum atomic E-state index is 12.8. The number of hydrogen-bond donors (Lipinski definition) is 0. The molecular weight excluding hydrogens is 854 g/mol. The van der Waals surface area contributed by atoms with E-state index in [9.17, 15) is 14.3 Å². The maximum absolute atomic E-state index is 12.8. The van der Waals surface area contributed by atoms with E-state index in [4.69, 9.17) is 18.5 Å². The van der Waals surface area contributed by atoms with Gasteiger partial charge in [0.2, 0.25) is 0 Å². The lowest BCUT2D eigenvalue weighted by atomic mass is 10.1. The van der Waals surface area contributed by atoms with Gasteiger partial charge in [0, 0.05) is 13.0 Å². The normalized spacial score (nSPS) is 14.4. The highest BCUT2D eigenvalue weighted by Crippen LogP contribution is 2.38. The fourth-order valence-electron chi connectivity index (χ4n) is 6.73. The van der Waals surface area contributed by atoms with E-state index < -0.39 is 13.9 Å². The molecule has 0 amide bonds. The van der Waals surface area contributed by atoms with E-state index in [0.717, 1.165) is 103 Å². The zero-order chi connectivity index (χ0) is 49.0. The molecule has 2 unspecified atom stereocenters. The van der Waals surface area contributed by atoms with E-state index in [0.29, 0.717) is 17.6 Å². The Morgan fingerprint density at radius 3 is 1.30 bits per heavy atom. The number of rotatable bonds is 48. The average molecular weight is 954 g/mol. The van der Waals surface area contributed by atoms with Crippen molar-refractivity contribution in [3.05, 3.63) is 109 Å². The van der Waals surface area contributed by atoms with Gasteiger partial charge in [-0.05, 0) is 103 Å². The second-order valence-corrected chi connectivity index (χ2v) is 19.9. The summed E-state index contributed by atoms with van der Waals surface area (Å²) in [6.07, 6.45) is 69.7. The SMILES string of the molecule is CC/C=C\C/C=C\C/C=C\C/C=C\C/C=C\C/C=C\CCCCCOCC(COP(=O)([O-])OCC[N+](C)(C)C)OC(=O)CCCCCCCCCC/C=C\C/C=C\C/C=C\CCCCCCC. The lowest BCUT2D eigenvalue weighted by Gasteiger charge is -2.28. The predicted octanol–water partition coefficient (Wildman–Crippen LogP) is 16.1. The first-order chi connectivity index (χ1) is 32.6. The number of likely N-dealkylation sites (N-methyl/N-ethyl adjacent to an activating group) is 1. The molecule has 0 aromatic heterocycles. The van der Waals surface area contributed by atoms with Gasteiger partial charge < -0.3 is 27.9 Å². The number of nitrogens with zero attached hydrogens (tertiary/aromatic N) is 1. The fraction of sp³-hybridized carbons (Fsp3) is 0.672. The second-order valence-electron chi connectivity index (χ2n) is 18.5. The molecule has 0 heterocycles. The van der Waals surface area contributed by atoms with E-state index in [1.807, 2.05) is 21.1 Å². The molecule has 0 aliphatic rings. The van der Waals surface area contributed by atoms with Crippen LogP contribution in [0.25, 0.3) is 0 Å². The molecule has 0 N–H and O–H groups in total. The summed E-state index contributed by atoms with van der Waals surface area (Å²) in [4.78, 5) is 25.2. The minimum absolute atomic E-state index is 0.0110. The van der Waals surface area contributed by atoms with Crippen LogP contribution in [0.15, 0.2) is 109 Å². The smallest absolute Gasteiger partial charge is 0.306 e. The fourth-order valence-corrected chi connectivity index (χ4v) is 7.46. The highest BCUT2D eigenvalue weighted by atomic mass is 31.2. The van der Waals surface area contributed by atoms with Crippen molar-refractivity contribution in [3.63, 3.8) is 0 Å². The first kappa shape index (κ1) is 64.2. The Morgan fingerprint density at radius 1 is 0.478 bits per heavy atom. The van der Waals surface area contributed by atoms with Crippen molar-refractivity contribution in [1.82, 2.24) is 0 Å². The van der Waals surface area contributed by atoms with Gasteiger partial charge in [-0.3, -0.25) is 9.36 Å². The van der Waals surface area contributed by atoms with E-state index in [1.165, 1.54) is 70.6 Å². The van der Waals surface area contributed by atoms with Crippen molar-refractivity contribution in [2.45, 2.75) is 200 Å². The van der Waals surface area contributed by atoms with Crippen LogP contribution in [0.2, 0.25) is 0 Å². The lowest BCUT2D eigenvalue weighted by molar-refractivity contribution is -0.870. The average Bonchev–Trinajstić information content (AvgIpc) is 3.29. The molecule has 0 aromatic carbocycles. The Morgan fingerprint density at radius 2 is 0.866 bits per heavy atom. The van der Waals surface area contributed by atoms with E-state index in [1.54, 1.807) is 0 Å². The number of phosphoric ester groups is 1. The molecule has 9 heteroatoms. The Balaban J connectivity index is 4.25. The zero-order valence-corrected chi connectivity index (χ0v) is 44.5. The minimum atomic E-state index is -4.55. The van der Waals surface area contributed by atoms with Crippen molar-refractivity contribution in [1.29, 1.82) is 0 Å². The summed E-state index contributed by atoms with van der Waals surface area (Å²) in [5, 5.41) is 0. The quantitative estimate of drug-likeness (QED) is 0.0197. The molecule has 384 valence electrons. The van der Waals surface area contributed by atoms with Crippen LogP contribution in [-0.4, -0.2) is 70.7 Å². The van der Waals surface area contributed by atoms with Crippen molar-refractivity contribution >= 4 is 13.8 Å². The van der Waals surface area contributed by atoms with Crippen LogP contribution in [0.1, 0.15) is 194 Å². The summed E-state index contributed by atoms with van der Waals surface area (Å²) in [7, 11) is 1.31. The number of carbonyl (C=O) groups excluding carboxylic acids is 1. The summed E-state index contributed by atoms with van der Waals surface area (Å²) < 4.78 is 34.7. The third kappa shape index (κ3) is 54.0. The molecule has 0 aliphatic carbocycles. The highest BCUT2D eigenvalue weighted by molar-refractivity contribution is 7.45. The third-order valence-corrected chi connectivity index (χ3v) is 11.8. The topological polar surface area (TPSA) is 94.1 Å². The van der Waals surface area contributed by atoms with Crippen LogP contribution in [0.5, 0.6) is 0 Å². The van der Waals surface area contributed by atoms with Crippen LogP contribution in [0.4, 0.5) is 0 Å². The number of allylic oxidation sites excluding steroid dienone is 18. The van der Waals surface area contributed by atoms with Crippen LogP contribution in [-0.2, 0) is 27.9 Å². The molecule has 0 spiro atoms. The largest absolute Gasteiger partial charge is 0.756 e. The van der Waals surface area contributed by atoms with Crippen LogP contribution in [0, 0.1) is 0 Å². The molecule has 67 heavy (non-hydrogen) atoms. The summed E-state index contributed by atoms with van der Waals surface area (Å²) >= 11 is 0. The van der Waals surface area contributed by atoms with Crippen LogP contribution < -0.4 is 4.89 Å². The van der Waals surface area contributed by atoms with Gasteiger partial charge in [-0.25, -0.2) is 0 Å². The second kappa shape index (κ2) is 49.6. The zero-order valence-electron chi connectivity index (χ0n) is 43.6. The number of esters is 1. The highest BCUT2D eigenvalue weighted by Gasteiger charge is 2.20. The number of unbranched alkanes of at least 4 members (excludes halogenated alkanes) is 16. The van der Waals surface area contributed by atoms with Crippen molar-refractivity contribution < 1.29 is 37.3 Å². The van der Waals surface area contributed by atoms with Gasteiger partial charge in [-0.1, -0.05) is 194 Å². The van der Waals surface area contributed by atoms with Crippen molar-refractivity contribution in [2.24, 2.45) is 0 Å². The van der Waals surface area contributed by atoms with Crippen molar-refractivity contribution in [2.75, 3.05) is 54.1 Å². The lowest BCUT2D eigenvalue weighted by Crippen LogP contribution is -2.37. The monoisotopic (exact) mass is 954 g/mol. The molecule has 0 fully saturated rings. The van der Waals surface area contributed by atoms with Gasteiger partial charge in [0.05, 0.1) is 34.4 Å². The van der Waals surface area contributed by atoms with E-state index in [-0.39, 0.29) is 32.2 Å². The van der Waals surface area contributed by atoms with Gasteiger partial charge in [0.1, 0.15) is 19.3 Å². The standard InChI is InChI=1S/C58H100NO7P/c1-6-8-10-12-14-16-18-20-22-24-26-28-30-31-33-35-37-39-41-43-45-47-49-51-58(60)66-57(56-65-67(61,62)64-54-52-59(3,4)5)55-63-53-50-48-46-44-42-40-38-36-34-32-29-27-25-23-21-19-17-15-13-11-9-7-2/h9,11,15,17-18,20-21,23-24,26-27,29-31,34,36,40,42,57H,6-8,10,12-14,16,19,22,25,28,32-33,35,37-39,41,43-56H2,1-5H3/b11-9-,17-15-,20-18-,23-21-,26-24-,29-27-,31-30-,36-34-,42-40-. The Labute approximate surface area is 412 Å². The number of carbonyl (C=O) groups is 1. The molecule has 0 saturated heterocycles. The Hall–Kier alpha value is -2.84. The number of phosphoric acid groups is 1. The van der Waals surface area contributed by atoms with Crippen LogP contribution >= 0.6 is 7.82 Å². The molecule has 8 nitrogen and oxygen atoms in total. The summed E-state index contributed by atoms with van der Waals surface area (Å²) in [5.74, 6) is -0.357. The van der Waals surface area contributed by atoms with Crippen LogP contribution in [0.3, 0.4) is 0 Å². The Bertz CT molecular complexity index is 1430. The first-order valence-corrected chi connectivity index (χ1v) is 28.1. The maximum Gasteiger partial charge on any atom is 0.306 e. The molecule has 0 aliphatic heterocycles. The number of hydrogen-bond acceptors (Lipinski definition) is 7. The van der Waals surface area contributed by atoms with Gasteiger partial charge in [0.15, 0.2) is 0 Å². The third-order valence-electron chi connectivity index (χ3n) is 10.8. The van der Waals surface area contributed by atoms with Gasteiger partial charge >= 0.3 is 5.97 Å². The predicted molar refractivity (Wildman–Crippen MR) is 286 cm³/mol. The molecular formula is C58H100NO7P.